The van der Waals surface area contributed by atoms with Crippen LogP contribution in [0.4, 0.5) is 13.2 Å². The van der Waals surface area contributed by atoms with E-state index in [0.29, 0.717) is 19.0 Å². The van der Waals surface area contributed by atoms with Crippen LogP contribution in [0.3, 0.4) is 0 Å². The molecule has 0 radical (unpaired) electrons. The van der Waals surface area contributed by atoms with Gasteiger partial charge in [-0.05, 0) is 44.7 Å². The van der Waals surface area contributed by atoms with Gasteiger partial charge in [0.15, 0.2) is 5.96 Å². The first-order valence-electron chi connectivity index (χ1n) is 9.94. The molecule has 1 aromatic carbocycles. The number of hydrogen-bond donors (Lipinski definition) is 3. The SMILES string of the molecule is CCNC(=NCC(O)COc1ccc(C(F)(F)F)cc1)NCCN(C)CCCOC. The molecular formula is C20H33F3N4O3. The molecular weight excluding hydrogens is 401 g/mol. The molecule has 0 bridgehead atoms. The quantitative estimate of drug-likeness (QED) is 0.250. The molecule has 7 nitrogen and oxygen atoms in total. The maximum absolute atomic E-state index is 12.6. The molecule has 10 heteroatoms. The molecule has 1 rings (SSSR count). The molecule has 3 N–H and O–H groups in total. The highest BCUT2D eigenvalue weighted by molar-refractivity contribution is 5.79. The summed E-state index contributed by atoms with van der Waals surface area (Å²) in [6.07, 6.45) is -4.31. The summed E-state index contributed by atoms with van der Waals surface area (Å²) < 4.78 is 48.1. The smallest absolute Gasteiger partial charge is 0.416 e. The summed E-state index contributed by atoms with van der Waals surface area (Å²) in [5.41, 5.74) is -0.745. The van der Waals surface area contributed by atoms with Crippen LogP contribution in [0.2, 0.25) is 0 Å². The number of methoxy groups -OCH3 is 1. The largest absolute Gasteiger partial charge is 0.491 e. The van der Waals surface area contributed by atoms with E-state index in [1.165, 1.54) is 12.1 Å². The van der Waals surface area contributed by atoms with Gasteiger partial charge in [0, 0.05) is 39.9 Å². The van der Waals surface area contributed by atoms with Crippen LogP contribution in [0.1, 0.15) is 18.9 Å². The lowest BCUT2D eigenvalue weighted by Gasteiger charge is -2.18. The van der Waals surface area contributed by atoms with Crippen molar-refractivity contribution in [1.82, 2.24) is 15.5 Å². The van der Waals surface area contributed by atoms with Gasteiger partial charge in [-0.1, -0.05) is 0 Å². The number of ether oxygens (including phenoxy) is 2. The minimum atomic E-state index is -4.39. The zero-order chi connectivity index (χ0) is 22.4. The first-order valence-corrected chi connectivity index (χ1v) is 9.94. The van der Waals surface area contributed by atoms with Gasteiger partial charge in [-0.15, -0.1) is 0 Å². The topological polar surface area (TPSA) is 78.4 Å². The number of aliphatic hydroxyl groups excluding tert-OH is 1. The molecule has 0 fully saturated rings. The number of nitrogens with one attached hydrogen (secondary N) is 2. The highest BCUT2D eigenvalue weighted by Gasteiger charge is 2.30. The molecule has 1 atom stereocenters. The Morgan fingerprint density at radius 1 is 1.20 bits per heavy atom. The van der Waals surface area contributed by atoms with Crippen LogP contribution in [0.5, 0.6) is 5.75 Å². The van der Waals surface area contributed by atoms with Gasteiger partial charge < -0.3 is 30.1 Å². The van der Waals surface area contributed by atoms with Crippen molar-refractivity contribution in [3.8, 4) is 5.75 Å². The predicted octanol–water partition coefficient (Wildman–Crippen LogP) is 1.97. The van der Waals surface area contributed by atoms with Crippen molar-refractivity contribution in [3.05, 3.63) is 29.8 Å². The van der Waals surface area contributed by atoms with Crippen LogP contribution in [-0.4, -0.2) is 82.2 Å². The maximum atomic E-state index is 12.6. The van der Waals surface area contributed by atoms with Crippen LogP contribution in [-0.2, 0) is 10.9 Å². The van der Waals surface area contributed by atoms with E-state index in [9.17, 15) is 18.3 Å². The Kier molecular flexibility index (Phi) is 12.2. The molecule has 0 aliphatic heterocycles. The summed E-state index contributed by atoms with van der Waals surface area (Å²) in [4.78, 5) is 6.50. The monoisotopic (exact) mass is 434 g/mol. The Morgan fingerprint density at radius 2 is 1.90 bits per heavy atom. The van der Waals surface area contributed by atoms with Crippen molar-refractivity contribution in [1.29, 1.82) is 0 Å². The second kappa shape index (κ2) is 14.1. The average Bonchev–Trinajstić information content (AvgIpc) is 2.70. The van der Waals surface area contributed by atoms with Crippen LogP contribution in [0.25, 0.3) is 0 Å². The Balaban J connectivity index is 2.38. The molecule has 0 aromatic heterocycles. The molecule has 172 valence electrons. The highest BCUT2D eigenvalue weighted by Crippen LogP contribution is 2.30. The Morgan fingerprint density at radius 3 is 2.50 bits per heavy atom. The number of halogens is 3. The van der Waals surface area contributed by atoms with Crippen LogP contribution >= 0.6 is 0 Å². The third-order valence-electron chi connectivity index (χ3n) is 4.10. The fourth-order valence-electron chi connectivity index (χ4n) is 2.48. The van der Waals surface area contributed by atoms with E-state index in [1.54, 1.807) is 7.11 Å². The lowest BCUT2D eigenvalue weighted by Crippen LogP contribution is -2.41. The van der Waals surface area contributed by atoms with Crippen molar-refractivity contribution in [2.45, 2.75) is 25.6 Å². The summed E-state index contributed by atoms with van der Waals surface area (Å²) in [5, 5.41) is 16.4. The number of rotatable bonds is 13. The Bertz CT molecular complexity index is 612. The van der Waals surface area contributed by atoms with Crippen LogP contribution in [0.15, 0.2) is 29.3 Å². The van der Waals surface area contributed by atoms with Crippen LogP contribution < -0.4 is 15.4 Å². The molecule has 0 amide bonds. The van der Waals surface area contributed by atoms with Gasteiger partial charge in [-0.3, -0.25) is 4.99 Å². The third kappa shape index (κ3) is 11.2. The van der Waals surface area contributed by atoms with Crippen molar-refractivity contribution in [3.63, 3.8) is 0 Å². The number of benzene rings is 1. The van der Waals surface area contributed by atoms with Crippen LogP contribution in [0, 0.1) is 0 Å². The fourth-order valence-corrected chi connectivity index (χ4v) is 2.48. The lowest BCUT2D eigenvalue weighted by molar-refractivity contribution is -0.137. The molecule has 0 saturated carbocycles. The number of likely N-dealkylation sites (N-methyl/N-ethyl adjacent to an activating group) is 1. The summed E-state index contributed by atoms with van der Waals surface area (Å²) in [5.74, 6) is 0.837. The molecule has 0 aliphatic rings. The van der Waals surface area contributed by atoms with Crippen molar-refractivity contribution in [2.75, 3.05) is 60.1 Å². The van der Waals surface area contributed by atoms with Gasteiger partial charge in [0.05, 0.1) is 12.1 Å². The van der Waals surface area contributed by atoms with E-state index in [4.69, 9.17) is 9.47 Å². The van der Waals surface area contributed by atoms with Crippen molar-refractivity contribution >= 4 is 5.96 Å². The van der Waals surface area contributed by atoms with E-state index in [0.717, 1.165) is 38.2 Å². The maximum Gasteiger partial charge on any atom is 0.416 e. The van der Waals surface area contributed by atoms with Gasteiger partial charge in [-0.25, -0.2) is 0 Å². The van der Waals surface area contributed by atoms with Gasteiger partial charge in [0.1, 0.15) is 18.5 Å². The van der Waals surface area contributed by atoms with E-state index in [1.807, 2.05) is 14.0 Å². The molecule has 0 aliphatic carbocycles. The number of aliphatic imine (C=N–C) groups is 1. The van der Waals surface area contributed by atoms with Gasteiger partial charge in [0.25, 0.3) is 0 Å². The summed E-state index contributed by atoms with van der Waals surface area (Å²) in [6.45, 7) is 5.82. The number of alkyl halides is 3. The van der Waals surface area contributed by atoms with E-state index in [-0.39, 0.29) is 18.9 Å². The van der Waals surface area contributed by atoms with E-state index < -0.39 is 17.8 Å². The Hall–Kier alpha value is -2.04. The number of hydrogen-bond acceptors (Lipinski definition) is 5. The number of guanidine groups is 1. The van der Waals surface area contributed by atoms with Gasteiger partial charge >= 0.3 is 6.18 Å². The number of nitrogens with zero attached hydrogens (tertiary/aromatic N) is 2. The summed E-state index contributed by atoms with van der Waals surface area (Å²) in [7, 11) is 3.72. The second-order valence-electron chi connectivity index (χ2n) is 6.78. The van der Waals surface area contributed by atoms with E-state index >= 15 is 0 Å². The number of aliphatic hydroxyl groups is 1. The Labute approximate surface area is 176 Å². The second-order valence-corrected chi connectivity index (χ2v) is 6.78. The minimum absolute atomic E-state index is 0.0729. The first-order chi connectivity index (χ1) is 14.3. The van der Waals surface area contributed by atoms with Crippen molar-refractivity contribution < 1.29 is 27.8 Å². The van der Waals surface area contributed by atoms with Gasteiger partial charge in [0.2, 0.25) is 0 Å². The normalized spacial score (nSPS) is 13.4. The summed E-state index contributed by atoms with van der Waals surface area (Å²) in [6, 6.07) is 4.35. The molecule has 0 saturated heterocycles. The van der Waals surface area contributed by atoms with Crippen molar-refractivity contribution in [2.24, 2.45) is 4.99 Å². The summed E-state index contributed by atoms with van der Waals surface area (Å²) >= 11 is 0. The molecule has 30 heavy (non-hydrogen) atoms. The average molecular weight is 435 g/mol. The zero-order valence-corrected chi connectivity index (χ0v) is 17.8. The highest BCUT2D eigenvalue weighted by atomic mass is 19.4. The first kappa shape index (κ1) is 26.0. The lowest BCUT2D eigenvalue weighted by atomic mass is 10.2. The molecule has 1 aromatic rings. The molecule has 0 heterocycles. The zero-order valence-electron chi connectivity index (χ0n) is 17.8. The van der Waals surface area contributed by atoms with Gasteiger partial charge in [-0.2, -0.15) is 13.2 Å². The molecule has 1 unspecified atom stereocenters. The standard InChI is InChI=1S/C20H33F3N4O3/c1-4-24-19(25-10-12-27(2)11-5-13-29-3)26-14-17(28)15-30-18-8-6-16(7-9-18)20(21,22)23/h6-9,17,28H,4-5,10-15H2,1-3H3,(H2,24,25,26). The fraction of sp³-hybridized carbons (Fsp3) is 0.650. The third-order valence-corrected chi connectivity index (χ3v) is 4.10. The minimum Gasteiger partial charge on any atom is -0.491 e. The van der Waals surface area contributed by atoms with E-state index in [2.05, 4.69) is 20.5 Å². The molecule has 0 spiro atoms. The predicted molar refractivity (Wildman–Crippen MR) is 111 cm³/mol.